The summed E-state index contributed by atoms with van der Waals surface area (Å²) in [5.41, 5.74) is 5.22. The minimum absolute atomic E-state index is 0.0766. The molecule has 1 aliphatic carbocycles. The topological polar surface area (TPSA) is 72.7 Å². The summed E-state index contributed by atoms with van der Waals surface area (Å²) >= 11 is 0. The molecule has 3 rings (SSSR count). The van der Waals surface area contributed by atoms with Crippen LogP contribution >= 0.6 is 0 Å². The maximum atomic E-state index is 12.6. The number of carbonyl (C=O) groups excluding carboxylic acids is 1. The number of nitrogens with one attached hydrogen (secondary N) is 1. The average molecular weight is 355 g/mol. The van der Waals surface area contributed by atoms with Gasteiger partial charge in [0.15, 0.2) is 0 Å². The highest BCUT2D eigenvalue weighted by molar-refractivity contribution is 5.92. The van der Waals surface area contributed by atoms with Crippen molar-refractivity contribution in [3.63, 3.8) is 0 Å². The highest BCUT2D eigenvalue weighted by Gasteiger charge is 2.18. The van der Waals surface area contributed by atoms with Gasteiger partial charge in [-0.2, -0.15) is 5.10 Å². The van der Waals surface area contributed by atoms with Crippen molar-refractivity contribution >= 4 is 5.91 Å². The van der Waals surface area contributed by atoms with Gasteiger partial charge in [-0.05, 0) is 57.1 Å². The summed E-state index contributed by atoms with van der Waals surface area (Å²) < 4.78 is 1.78. The highest BCUT2D eigenvalue weighted by atomic mass is 16.2. The summed E-state index contributed by atoms with van der Waals surface area (Å²) in [4.78, 5) is 21.8. The summed E-state index contributed by atoms with van der Waals surface area (Å²) in [6, 6.07) is 1.91. The second-order valence-electron chi connectivity index (χ2n) is 7.44. The van der Waals surface area contributed by atoms with E-state index in [2.05, 4.69) is 41.2 Å². The molecule has 0 saturated carbocycles. The van der Waals surface area contributed by atoms with Gasteiger partial charge in [-0.25, -0.2) is 9.97 Å². The Bertz CT molecular complexity index is 794. The molecule has 0 unspecified atom stereocenters. The van der Waals surface area contributed by atoms with Crippen LogP contribution in [0, 0.1) is 12.8 Å². The van der Waals surface area contributed by atoms with E-state index in [0.29, 0.717) is 31.1 Å². The Kier molecular flexibility index (Phi) is 5.69. The van der Waals surface area contributed by atoms with Gasteiger partial charge >= 0.3 is 0 Å². The Balaban J connectivity index is 1.61. The molecule has 2 heterocycles. The molecule has 140 valence electrons. The molecule has 0 aromatic carbocycles. The molecule has 0 atom stereocenters. The van der Waals surface area contributed by atoms with Gasteiger partial charge in [-0.15, -0.1) is 0 Å². The van der Waals surface area contributed by atoms with Crippen LogP contribution in [0.2, 0.25) is 0 Å². The second-order valence-corrected chi connectivity index (χ2v) is 7.44. The first-order chi connectivity index (χ1) is 12.5. The molecule has 0 bridgehead atoms. The zero-order valence-electron chi connectivity index (χ0n) is 16.3. The molecular weight excluding hydrogens is 326 g/mol. The van der Waals surface area contributed by atoms with E-state index in [4.69, 9.17) is 0 Å². The lowest BCUT2D eigenvalue weighted by atomic mass is 10.1. The zero-order valence-corrected chi connectivity index (χ0v) is 16.3. The molecule has 1 aliphatic rings. The van der Waals surface area contributed by atoms with Gasteiger partial charge in [0.2, 0.25) is 0 Å². The fraction of sp³-hybridized carbons (Fsp3) is 0.600. The van der Waals surface area contributed by atoms with Gasteiger partial charge in [-0.3, -0.25) is 9.48 Å². The summed E-state index contributed by atoms with van der Waals surface area (Å²) in [5, 5.41) is 7.53. The largest absolute Gasteiger partial charge is 0.350 e. The number of fused-ring (bicyclic) bond motifs is 1. The summed E-state index contributed by atoms with van der Waals surface area (Å²) in [5.74, 6) is 1.27. The van der Waals surface area contributed by atoms with Crippen molar-refractivity contribution in [2.24, 2.45) is 5.92 Å². The Hall–Kier alpha value is -2.24. The van der Waals surface area contributed by atoms with Crippen molar-refractivity contribution in [2.45, 2.75) is 66.3 Å². The van der Waals surface area contributed by atoms with Crippen molar-refractivity contribution in [1.82, 2.24) is 25.1 Å². The van der Waals surface area contributed by atoms with Crippen molar-refractivity contribution in [1.29, 1.82) is 0 Å². The number of aryl methyl sites for hydroxylation is 3. The fourth-order valence-corrected chi connectivity index (χ4v) is 3.58. The van der Waals surface area contributed by atoms with Crippen LogP contribution in [-0.2, 0) is 32.2 Å². The molecule has 6 heteroatoms. The molecule has 0 aliphatic heterocycles. The van der Waals surface area contributed by atoms with E-state index in [0.717, 1.165) is 36.5 Å². The predicted octanol–water partition coefficient (Wildman–Crippen LogP) is 2.66. The Morgan fingerprint density at radius 2 is 2.12 bits per heavy atom. The van der Waals surface area contributed by atoms with Gasteiger partial charge in [0.05, 0.1) is 5.69 Å². The molecule has 6 nitrogen and oxygen atoms in total. The Morgan fingerprint density at radius 1 is 1.31 bits per heavy atom. The molecule has 0 saturated heterocycles. The highest BCUT2D eigenvalue weighted by Crippen LogP contribution is 2.22. The van der Waals surface area contributed by atoms with E-state index >= 15 is 0 Å². The van der Waals surface area contributed by atoms with Gasteiger partial charge in [0.25, 0.3) is 5.91 Å². The van der Waals surface area contributed by atoms with Crippen molar-refractivity contribution in [3.05, 3.63) is 40.2 Å². The van der Waals surface area contributed by atoms with Crippen LogP contribution < -0.4 is 5.32 Å². The normalized spacial score (nSPS) is 13.3. The van der Waals surface area contributed by atoms with Crippen LogP contribution in [0.15, 0.2) is 6.07 Å². The van der Waals surface area contributed by atoms with E-state index < -0.39 is 0 Å². The van der Waals surface area contributed by atoms with Gasteiger partial charge < -0.3 is 5.32 Å². The molecule has 0 fully saturated rings. The van der Waals surface area contributed by atoms with Crippen molar-refractivity contribution in [3.8, 4) is 0 Å². The molecule has 26 heavy (non-hydrogen) atoms. The summed E-state index contributed by atoms with van der Waals surface area (Å²) in [7, 11) is 0. The number of hydrogen-bond donors (Lipinski definition) is 1. The summed E-state index contributed by atoms with van der Waals surface area (Å²) in [6.07, 6.45) is 4.85. The number of amides is 1. The van der Waals surface area contributed by atoms with Gasteiger partial charge in [0.1, 0.15) is 11.5 Å². The lowest BCUT2D eigenvalue weighted by Crippen LogP contribution is -2.28. The van der Waals surface area contributed by atoms with Crippen LogP contribution in [0.4, 0.5) is 0 Å². The maximum Gasteiger partial charge on any atom is 0.269 e. The second kappa shape index (κ2) is 7.98. The first kappa shape index (κ1) is 18.5. The van der Waals surface area contributed by atoms with Crippen LogP contribution in [0.5, 0.6) is 0 Å². The number of hydrogen-bond acceptors (Lipinski definition) is 4. The number of aromatic nitrogens is 4. The molecular formula is C20H29N5O. The van der Waals surface area contributed by atoms with E-state index in [1.54, 1.807) is 4.68 Å². The molecule has 2 aromatic rings. The Morgan fingerprint density at radius 3 is 2.85 bits per heavy atom. The SMILES string of the molecule is CCn1nc(CC(C)C)cc1C(=O)NCCc1nc(C)c2c(n1)CCC2. The lowest BCUT2D eigenvalue weighted by molar-refractivity contribution is 0.0943. The predicted molar refractivity (Wildman–Crippen MR) is 101 cm³/mol. The zero-order chi connectivity index (χ0) is 18.7. The molecule has 0 spiro atoms. The first-order valence-electron chi connectivity index (χ1n) is 9.68. The minimum Gasteiger partial charge on any atom is -0.350 e. The van der Waals surface area contributed by atoms with E-state index in [1.165, 1.54) is 17.7 Å². The number of nitrogens with zero attached hydrogens (tertiary/aromatic N) is 4. The van der Waals surface area contributed by atoms with Crippen LogP contribution in [0.3, 0.4) is 0 Å². The third-order valence-corrected chi connectivity index (χ3v) is 4.80. The van der Waals surface area contributed by atoms with E-state index in [9.17, 15) is 4.79 Å². The molecule has 1 amide bonds. The van der Waals surface area contributed by atoms with Crippen LogP contribution in [-0.4, -0.2) is 32.2 Å². The average Bonchev–Trinajstić information content (AvgIpc) is 3.21. The first-order valence-corrected chi connectivity index (χ1v) is 9.68. The monoisotopic (exact) mass is 355 g/mol. The summed E-state index contributed by atoms with van der Waals surface area (Å²) in [6.45, 7) is 9.60. The number of carbonyl (C=O) groups is 1. The van der Waals surface area contributed by atoms with Crippen molar-refractivity contribution in [2.75, 3.05) is 6.54 Å². The standard InChI is InChI=1S/C20H29N5O/c1-5-25-18(12-15(24-25)11-13(2)3)20(26)21-10-9-19-22-14(4)16-7-6-8-17(16)23-19/h12-13H,5-11H2,1-4H3,(H,21,26). The van der Waals surface area contributed by atoms with Crippen molar-refractivity contribution < 1.29 is 4.79 Å². The maximum absolute atomic E-state index is 12.6. The van der Waals surface area contributed by atoms with Gasteiger partial charge in [0, 0.05) is 30.9 Å². The fourth-order valence-electron chi connectivity index (χ4n) is 3.58. The van der Waals surface area contributed by atoms with E-state index in [1.807, 2.05) is 13.0 Å². The van der Waals surface area contributed by atoms with Gasteiger partial charge in [-0.1, -0.05) is 13.8 Å². The lowest BCUT2D eigenvalue weighted by Gasteiger charge is -2.08. The Labute approximate surface area is 155 Å². The quantitative estimate of drug-likeness (QED) is 0.829. The molecule has 1 N–H and O–H groups in total. The smallest absolute Gasteiger partial charge is 0.269 e. The van der Waals surface area contributed by atoms with Crippen LogP contribution in [0.25, 0.3) is 0 Å². The minimum atomic E-state index is -0.0766. The molecule has 0 radical (unpaired) electrons. The van der Waals surface area contributed by atoms with Crippen LogP contribution in [0.1, 0.15) is 66.2 Å². The van der Waals surface area contributed by atoms with E-state index in [-0.39, 0.29) is 5.91 Å². The third kappa shape index (κ3) is 4.11. The molecule has 2 aromatic heterocycles. The third-order valence-electron chi connectivity index (χ3n) is 4.80. The number of rotatable bonds is 7.